The Balaban J connectivity index is 1.62. The third-order valence-corrected chi connectivity index (χ3v) is 3.13. The Morgan fingerprint density at radius 2 is 2.39 bits per heavy atom. The van der Waals surface area contributed by atoms with E-state index in [1.54, 1.807) is 18.0 Å². The molecule has 2 aromatic rings. The fourth-order valence-electron chi connectivity index (χ4n) is 1.31. The van der Waals surface area contributed by atoms with E-state index in [1.807, 2.05) is 12.1 Å². The molecule has 0 aliphatic rings. The van der Waals surface area contributed by atoms with Crippen LogP contribution in [0.2, 0.25) is 0 Å². The summed E-state index contributed by atoms with van der Waals surface area (Å²) in [4.78, 5) is 19.4. The molecular formula is C12H13N3O2S. The van der Waals surface area contributed by atoms with Gasteiger partial charge in [0.25, 0.3) is 5.91 Å². The first-order valence-corrected chi connectivity index (χ1v) is 6.66. The number of rotatable bonds is 6. The van der Waals surface area contributed by atoms with Crippen LogP contribution < -0.4 is 5.32 Å². The molecule has 0 aliphatic carbocycles. The number of amides is 1. The predicted molar refractivity (Wildman–Crippen MR) is 69.2 cm³/mol. The van der Waals surface area contributed by atoms with Gasteiger partial charge in [0.2, 0.25) is 0 Å². The number of aromatic nitrogens is 2. The molecule has 2 aromatic heterocycles. The molecule has 1 amide bonds. The van der Waals surface area contributed by atoms with Gasteiger partial charge in [-0.1, -0.05) is 0 Å². The van der Waals surface area contributed by atoms with Gasteiger partial charge in [-0.2, -0.15) is 11.8 Å². The molecule has 0 aromatic carbocycles. The van der Waals surface area contributed by atoms with Crippen molar-refractivity contribution in [3.8, 4) is 0 Å². The second-order valence-electron chi connectivity index (χ2n) is 3.48. The van der Waals surface area contributed by atoms with E-state index in [0.29, 0.717) is 12.2 Å². The quantitative estimate of drug-likeness (QED) is 0.804. The van der Waals surface area contributed by atoms with Crippen molar-refractivity contribution in [2.45, 2.75) is 5.75 Å². The van der Waals surface area contributed by atoms with E-state index >= 15 is 0 Å². The number of thioether (sulfide) groups is 1. The third-order valence-electron chi connectivity index (χ3n) is 2.15. The molecule has 5 nitrogen and oxygen atoms in total. The van der Waals surface area contributed by atoms with Crippen LogP contribution in [0.1, 0.15) is 16.2 Å². The van der Waals surface area contributed by atoms with Crippen molar-refractivity contribution >= 4 is 17.7 Å². The van der Waals surface area contributed by atoms with Crippen LogP contribution in [0.4, 0.5) is 0 Å². The Morgan fingerprint density at radius 3 is 3.11 bits per heavy atom. The summed E-state index contributed by atoms with van der Waals surface area (Å²) in [5, 5.41) is 2.79. The maximum Gasteiger partial charge on any atom is 0.271 e. The van der Waals surface area contributed by atoms with E-state index < -0.39 is 0 Å². The first-order valence-electron chi connectivity index (χ1n) is 5.50. The van der Waals surface area contributed by atoms with Crippen LogP contribution in [0.15, 0.2) is 41.4 Å². The molecular weight excluding hydrogens is 250 g/mol. The lowest BCUT2D eigenvalue weighted by Gasteiger charge is -2.03. The summed E-state index contributed by atoms with van der Waals surface area (Å²) in [7, 11) is 0. The van der Waals surface area contributed by atoms with Crippen molar-refractivity contribution in [1.29, 1.82) is 0 Å². The van der Waals surface area contributed by atoms with Gasteiger partial charge in [-0.15, -0.1) is 0 Å². The van der Waals surface area contributed by atoms with Gasteiger partial charge in [-0.25, -0.2) is 4.98 Å². The lowest BCUT2D eigenvalue weighted by Crippen LogP contribution is -2.26. The SMILES string of the molecule is O=C(NCCSCc1ccco1)c1cnccn1. The zero-order valence-electron chi connectivity index (χ0n) is 9.70. The number of carbonyl (C=O) groups excluding carboxylic acids is 1. The molecule has 0 atom stereocenters. The van der Waals surface area contributed by atoms with Gasteiger partial charge in [0.05, 0.1) is 18.2 Å². The van der Waals surface area contributed by atoms with E-state index in [0.717, 1.165) is 17.3 Å². The lowest BCUT2D eigenvalue weighted by molar-refractivity contribution is 0.0951. The highest BCUT2D eigenvalue weighted by Crippen LogP contribution is 2.11. The highest BCUT2D eigenvalue weighted by molar-refractivity contribution is 7.98. The number of carbonyl (C=O) groups is 1. The van der Waals surface area contributed by atoms with Crippen molar-refractivity contribution in [2.24, 2.45) is 0 Å². The van der Waals surface area contributed by atoms with Crippen LogP contribution in [0, 0.1) is 0 Å². The zero-order valence-corrected chi connectivity index (χ0v) is 10.5. The average molecular weight is 263 g/mol. The van der Waals surface area contributed by atoms with Crippen molar-refractivity contribution in [3.05, 3.63) is 48.4 Å². The number of hydrogen-bond acceptors (Lipinski definition) is 5. The highest BCUT2D eigenvalue weighted by Gasteiger charge is 2.05. The van der Waals surface area contributed by atoms with Crippen molar-refractivity contribution < 1.29 is 9.21 Å². The molecule has 94 valence electrons. The average Bonchev–Trinajstić information content (AvgIpc) is 2.92. The molecule has 0 radical (unpaired) electrons. The summed E-state index contributed by atoms with van der Waals surface area (Å²) in [5.74, 6) is 2.39. The predicted octanol–water partition coefficient (Wildman–Crippen LogP) is 1.73. The van der Waals surface area contributed by atoms with Gasteiger partial charge in [0, 0.05) is 24.7 Å². The molecule has 1 N–H and O–H groups in total. The Bertz CT molecular complexity index is 473. The first kappa shape index (κ1) is 12.6. The number of nitrogens with one attached hydrogen (secondary N) is 1. The fraction of sp³-hybridized carbons (Fsp3) is 0.250. The summed E-state index contributed by atoms with van der Waals surface area (Å²) in [6, 6.07) is 3.80. The lowest BCUT2D eigenvalue weighted by atomic mass is 10.4. The van der Waals surface area contributed by atoms with Crippen LogP contribution in [0.5, 0.6) is 0 Å². The van der Waals surface area contributed by atoms with Crippen LogP contribution in [0.3, 0.4) is 0 Å². The maximum atomic E-state index is 11.6. The number of nitrogens with zero attached hydrogens (tertiary/aromatic N) is 2. The van der Waals surface area contributed by atoms with Crippen molar-refractivity contribution in [2.75, 3.05) is 12.3 Å². The number of hydrogen-bond donors (Lipinski definition) is 1. The standard InChI is InChI=1S/C12H13N3O2S/c16-12(11-8-13-3-4-14-11)15-5-7-18-9-10-2-1-6-17-10/h1-4,6,8H,5,7,9H2,(H,15,16). The summed E-state index contributed by atoms with van der Waals surface area (Å²) >= 11 is 1.70. The maximum absolute atomic E-state index is 11.6. The molecule has 6 heteroatoms. The molecule has 2 heterocycles. The van der Waals surface area contributed by atoms with Crippen LogP contribution in [0.25, 0.3) is 0 Å². The van der Waals surface area contributed by atoms with Crippen molar-refractivity contribution in [1.82, 2.24) is 15.3 Å². The molecule has 18 heavy (non-hydrogen) atoms. The molecule has 0 saturated heterocycles. The van der Waals surface area contributed by atoms with Crippen LogP contribution in [-0.2, 0) is 5.75 Å². The van der Waals surface area contributed by atoms with E-state index in [9.17, 15) is 4.79 Å². The summed E-state index contributed by atoms with van der Waals surface area (Å²) in [5.41, 5.74) is 0.341. The van der Waals surface area contributed by atoms with Gasteiger partial charge < -0.3 is 9.73 Å². The molecule has 0 fully saturated rings. The minimum absolute atomic E-state index is 0.193. The van der Waals surface area contributed by atoms with Gasteiger partial charge in [0.1, 0.15) is 11.5 Å². The van der Waals surface area contributed by atoms with Gasteiger partial charge in [0.15, 0.2) is 0 Å². The third kappa shape index (κ3) is 3.89. The van der Waals surface area contributed by atoms with Gasteiger partial charge in [-0.05, 0) is 12.1 Å². The Labute approximate surface area is 109 Å². The normalized spacial score (nSPS) is 10.2. The smallest absolute Gasteiger partial charge is 0.271 e. The van der Waals surface area contributed by atoms with E-state index in [2.05, 4.69) is 15.3 Å². The topological polar surface area (TPSA) is 68.0 Å². The molecule has 2 rings (SSSR count). The summed E-state index contributed by atoms with van der Waals surface area (Å²) < 4.78 is 5.20. The Hall–Kier alpha value is -1.82. The molecule has 0 spiro atoms. The fourth-order valence-corrected chi connectivity index (χ4v) is 2.07. The molecule has 0 aliphatic heterocycles. The van der Waals surface area contributed by atoms with E-state index in [-0.39, 0.29) is 5.91 Å². The van der Waals surface area contributed by atoms with E-state index in [1.165, 1.54) is 18.6 Å². The minimum atomic E-state index is -0.193. The monoisotopic (exact) mass is 263 g/mol. The first-order chi connectivity index (χ1) is 8.86. The van der Waals surface area contributed by atoms with Crippen molar-refractivity contribution in [3.63, 3.8) is 0 Å². The summed E-state index contributed by atoms with van der Waals surface area (Å²) in [6.45, 7) is 0.598. The molecule has 0 saturated carbocycles. The number of furan rings is 1. The second-order valence-corrected chi connectivity index (χ2v) is 4.58. The highest BCUT2D eigenvalue weighted by atomic mass is 32.2. The van der Waals surface area contributed by atoms with E-state index in [4.69, 9.17) is 4.42 Å². The largest absolute Gasteiger partial charge is 0.468 e. The second kappa shape index (κ2) is 6.80. The Kier molecular flexibility index (Phi) is 4.78. The van der Waals surface area contributed by atoms with Crippen LogP contribution in [-0.4, -0.2) is 28.2 Å². The summed E-state index contributed by atoms with van der Waals surface area (Å²) in [6.07, 6.45) is 6.15. The van der Waals surface area contributed by atoms with Crippen LogP contribution >= 0.6 is 11.8 Å². The van der Waals surface area contributed by atoms with Gasteiger partial charge >= 0.3 is 0 Å². The molecule has 0 unspecified atom stereocenters. The minimum Gasteiger partial charge on any atom is -0.468 e. The zero-order chi connectivity index (χ0) is 12.6. The van der Waals surface area contributed by atoms with Gasteiger partial charge in [-0.3, -0.25) is 9.78 Å². The Morgan fingerprint density at radius 1 is 1.44 bits per heavy atom. The molecule has 0 bridgehead atoms.